The van der Waals surface area contributed by atoms with Crippen molar-refractivity contribution in [3.63, 3.8) is 0 Å². The molecule has 0 spiro atoms. The fraction of sp³-hybridized carbons (Fsp3) is 0.810. The molecule has 0 saturated heterocycles. The number of unbranched alkanes of at least 4 members (excludes halogenated alkanes) is 6. The fourth-order valence-corrected chi connectivity index (χ4v) is 3.86. The second kappa shape index (κ2) is 16.3. The van der Waals surface area contributed by atoms with E-state index in [1.165, 1.54) is 25.7 Å². The molecule has 27 heavy (non-hydrogen) atoms. The fourth-order valence-electron chi connectivity index (χ4n) is 3.86. The minimum Gasteiger partial charge on any atom is -0.547 e. The van der Waals surface area contributed by atoms with E-state index in [1.54, 1.807) is 0 Å². The van der Waals surface area contributed by atoms with Gasteiger partial charge in [-0.25, -0.2) is 0 Å². The zero-order valence-corrected chi connectivity index (χ0v) is 20.2. The number of rotatable bonds is 14. The molecule has 0 heterocycles. The molecule has 0 aromatic rings. The molecule has 1 fully saturated rings. The summed E-state index contributed by atoms with van der Waals surface area (Å²) in [5, 5.41) is 29.3. The Hall–Kier alpha value is 0.436. The normalized spacial score (nSPS) is 23.5. The molecule has 1 rings (SSSR count). The van der Waals surface area contributed by atoms with Crippen LogP contribution in [0.3, 0.4) is 0 Å². The summed E-state index contributed by atoms with van der Waals surface area (Å²) < 4.78 is 0. The Morgan fingerprint density at radius 2 is 1.93 bits per heavy atom. The minimum absolute atomic E-state index is 0. The van der Waals surface area contributed by atoms with E-state index in [9.17, 15) is 24.9 Å². The average Bonchev–Trinajstić information content (AvgIpc) is 2.92. The van der Waals surface area contributed by atoms with Crippen molar-refractivity contribution in [2.45, 2.75) is 83.7 Å². The Morgan fingerprint density at radius 3 is 2.56 bits per heavy atom. The van der Waals surface area contributed by atoms with Gasteiger partial charge in [0.25, 0.3) is 0 Å². The second-order valence-electron chi connectivity index (χ2n) is 7.55. The van der Waals surface area contributed by atoms with E-state index in [1.807, 2.05) is 0 Å². The number of aliphatic carboxylic acids is 1. The van der Waals surface area contributed by atoms with E-state index in [2.05, 4.69) is 19.1 Å². The number of carboxylic acid groups (broad SMARTS) is 1. The number of allylic oxidation sites excluding steroid dienone is 2. The van der Waals surface area contributed by atoms with Crippen LogP contribution in [0.4, 0.5) is 0 Å². The van der Waals surface area contributed by atoms with Crippen molar-refractivity contribution >= 4 is 11.8 Å². The Balaban J connectivity index is 0.00000676. The van der Waals surface area contributed by atoms with Crippen LogP contribution in [-0.2, 0) is 9.59 Å². The maximum Gasteiger partial charge on any atom is 1.00 e. The SMILES string of the molecule is CCCCCC/C=C/[C@H]1[C@H](CO)CC(=O)[C@@H]1CCCCCC(O)C(=O)[O-].[K+]. The van der Waals surface area contributed by atoms with Gasteiger partial charge in [0, 0.05) is 18.9 Å². The van der Waals surface area contributed by atoms with Gasteiger partial charge in [0.2, 0.25) is 0 Å². The van der Waals surface area contributed by atoms with Gasteiger partial charge in [-0.2, -0.15) is 0 Å². The summed E-state index contributed by atoms with van der Waals surface area (Å²) >= 11 is 0. The zero-order chi connectivity index (χ0) is 19.4. The average molecular weight is 407 g/mol. The summed E-state index contributed by atoms with van der Waals surface area (Å²) in [6.45, 7) is 2.24. The van der Waals surface area contributed by atoms with Gasteiger partial charge in [0.15, 0.2) is 0 Å². The topological polar surface area (TPSA) is 97.7 Å². The largest absolute Gasteiger partial charge is 1.00 e. The predicted molar refractivity (Wildman–Crippen MR) is 99.2 cm³/mol. The van der Waals surface area contributed by atoms with Crippen LogP contribution in [0.15, 0.2) is 12.2 Å². The molecule has 1 unspecified atom stereocenters. The first-order valence-electron chi connectivity index (χ1n) is 10.2. The van der Waals surface area contributed by atoms with Gasteiger partial charge in [0.05, 0.1) is 12.1 Å². The van der Waals surface area contributed by atoms with Gasteiger partial charge >= 0.3 is 51.4 Å². The number of Topliss-reactive ketones (excluding diaryl/α,β-unsaturated/α-hetero) is 1. The summed E-state index contributed by atoms with van der Waals surface area (Å²) in [6.07, 6.45) is 12.4. The third kappa shape index (κ3) is 10.7. The van der Waals surface area contributed by atoms with Gasteiger partial charge < -0.3 is 20.1 Å². The number of carboxylic acids is 1. The first-order valence-corrected chi connectivity index (χ1v) is 10.2. The smallest absolute Gasteiger partial charge is 0.547 e. The first-order chi connectivity index (χ1) is 12.5. The molecule has 4 atom stereocenters. The molecule has 150 valence electrons. The number of carbonyl (C=O) groups excluding carboxylic acids is 2. The Kier molecular flexibility index (Phi) is 16.5. The van der Waals surface area contributed by atoms with Crippen LogP contribution in [0.5, 0.6) is 0 Å². The molecule has 2 N–H and O–H groups in total. The van der Waals surface area contributed by atoms with Gasteiger partial charge in [0.1, 0.15) is 5.78 Å². The van der Waals surface area contributed by atoms with E-state index in [0.717, 1.165) is 25.7 Å². The number of aliphatic hydroxyl groups excluding tert-OH is 2. The van der Waals surface area contributed by atoms with Gasteiger partial charge in [-0.3, -0.25) is 4.79 Å². The third-order valence-electron chi connectivity index (χ3n) is 5.47. The molecule has 0 bridgehead atoms. The molecular formula is C21H35KO5. The Labute approximate surface area is 206 Å². The molecule has 1 aliphatic rings. The van der Waals surface area contributed by atoms with Crippen LogP contribution >= 0.6 is 0 Å². The van der Waals surface area contributed by atoms with E-state index < -0.39 is 12.1 Å². The van der Waals surface area contributed by atoms with Gasteiger partial charge in [-0.15, -0.1) is 0 Å². The summed E-state index contributed by atoms with van der Waals surface area (Å²) in [4.78, 5) is 22.8. The summed E-state index contributed by atoms with van der Waals surface area (Å²) in [5.74, 6) is -1.08. The van der Waals surface area contributed by atoms with Crippen molar-refractivity contribution in [3.05, 3.63) is 12.2 Å². The summed E-state index contributed by atoms with van der Waals surface area (Å²) in [6, 6.07) is 0. The summed E-state index contributed by atoms with van der Waals surface area (Å²) in [5.41, 5.74) is 0. The number of hydrogen-bond acceptors (Lipinski definition) is 5. The van der Waals surface area contributed by atoms with Crippen molar-refractivity contribution in [1.82, 2.24) is 0 Å². The van der Waals surface area contributed by atoms with Crippen LogP contribution in [0.2, 0.25) is 0 Å². The molecule has 0 aromatic heterocycles. The van der Waals surface area contributed by atoms with Crippen LogP contribution in [-0.4, -0.2) is 34.7 Å². The standard InChI is InChI=1S/C21H36O5.K/c1-2-3-4-5-6-8-11-17-16(15-22)14-20(24)18(17)12-9-7-10-13-19(23)21(25)26;/h8,11,16-19,22-23H,2-7,9-10,12-15H2,1H3,(H,25,26);/q;+1/p-1/b11-8+;/t16-,17-,18+,19?;/m0./s1. The number of ketones is 1. The zero-order valence-electron chi connectivity index (χ0n) is 17.1. The molecule has 0 aromatic carbocycles. The van der Waals surface area contributed by atoms with Crippen LogP contribution in [0.1, 0.15) is 77.6 Å². The molecule has 1 aliphatic carbocycles. The van der Waals surface area contributed by atoms with Crippen molar-refractivity contribution < 1.29 is 76.3 Å². The van der Waals surface area contributed by atoms with Gasteiger partial charge in [-0.05, 0) is 37.5 Å². The van der Waals surface area contributed by atoms with Crippen LogP contribution in [0, 0.1) is 17.8 Å². The monoisotopic (exact) mass is 406 g/mol. The third-order valence-corrected chi connectivity index (χ3v) is 5.47. The Bertz CT molecular complexity index is 452. The second-order valence-corrected chi connectivity index (χ2v) is 7.55. The van der Waals surface area contributed by atoms with Gasteiger partial charge in [-0.1, -0.05) is 57.6 Å². The maximum absolute atomic E-state index is 12.3. The van der Waals surface area contributed by atoms with Crippen molar-refractivity contribution in [3.8, 4) is 0 Å². The molecular weight excluding hydrogens is 371 g/mol. The molecule has 0 aliphatic heterocycles. The molecule has 1 saturated carbocycles. The number of hydrogen-bond donors (Lipinski definition) is 2. The van der Waals surface area contributed by atoms with E-state index in [4.69, 9.17) is 0 Å². The van der Waals surface area contributed by atoms with Crippen LogP contribution < -0.4 is 56.5 Å². The van der Waals surface area contributed by atoms with E-state index >= 15 is 0 Å². The quantitative estimate of drug-likeness (QED) is 0.228. The Morgan fingerprint density at radius 1 is 1.22 bits per heavy atom. The van der Waals surface area contributed by atoms with E-state index in [0.29, 0.717) is 12.8 Å². The minimum atomic E-state index is -1.43. The number of aliphatic hydroxyl groups is 2. The van der Waals surface area contributed by atoms with Crippen molar-refractivity contribution in [1.29, 1.82) is 0 Å². The predicted octanol–water partition coefficient (Wildman–Crippen LogP) is -0.608. The first kappa shape index (κ1) is 27.4. The molecule has 0 amide bonds. The van der Waals surface area contributed by atoms with Crippen molar-refractivity contribution in [2.24, 2.45) is 17.8 Å². The molecule has 6 heteroatoms. The maximum atomic E-state index is 12.3. The van der Waals surface area contributed by atoms with Crippen molar-refractivity contribution in [2.75, 3.05) is 6.61 Å². The molecule has 5 nitrogen and oxygen atoms in total. The summed E-state index contributed by atoms with van der Waals surface area (Å²) in [7, 11) is 0. The molecule has 0 radical (unpaired) electrons. The van der Waals surface area contributed by atoms with E-state index in [-0.39, 0.29) is 87.9 Å². The van der Waals surface area contributed by atoms with Crippen LogP contribution in [0.25, 0.3) is 0 Å². The number of carbonyl (C=O) groups is 2.